The molecule has 0 unspecified atom stereocenters. The fourth-order valence-electron chi connectivity index (χ4n) is 4.98. The van der Waals surface area contributed by atoms with Gasteiger partial charge < -0.3 is 19.8 Å². The lowest BCUT2D eigenvalue weighted by Crippen LogP contribution is -2.45. The fraction of sp³-hybridized carbons (Fsp3) is 0.250. The Kier molecular flexibility index (Phi) is 4.46. The summed E-state index contributed by atoms with van der Waals surface area (Å²) in [5.41, 5.74) is 2.47. The number of carbonyl (C=O) groups is 1. The van der Waals surface area contributed by atoms with E-state index in [0.717, 1.165) is 24.5 Å². The molecule has 0 saturated carbocycles. The number of benzene rings is 2. The van der Waals surface area contributed by atoms with E-state index in [1.165, 1.54) is 17.4 Å². The van der Waals surface area contributed by atoms with E-state index in [1.54, 1.807) is 0 Å². The van der Waals surface area contributed by atoms with Crippen molar-refractivity contribution in [1.29, 1.82) is 0 Å². The van der Waals surface area contributed by atoms with Crippen LogP contribution in [0.1, 0.15) is 16.1 Å². The number of anilines is 3. The first-order valence-electron chi connectivity index (χ1n) is 10.8. The van der Waals surface area contributed by atoms with E-state index in [1.807, 2.05) is 57.0 Å². The number of carboxylic acid groups (broad SMARTS) is 1. The molecule has 0 radical (unpaired) electrons. The van der Waals surface area contributed by atoms with Gasteiger partial charge in [0.05, 0.1) is 34.5 Å². The quantitative estimate of drug-likeness (QED) is 0.498. The number of aromatic carboxylic acids is 1. The van der Waals surface area contributed by atoms with Crippen molar-refractivity contribution in [3.05, 3.63) is 69.1 Å². The van der Waals surface area contributed by atoms with Crippen molar-refractivity contribution >= 4 is 50.1 Å². The molecule has 2 aromatic carbocycles. The van der Waals surface area contributed by atoms with Gasteiger partial charge in [0.2, 0.25) is 5.43 Å². The van der Waals surface area contributed by atoms with Gasteiger partial charge in [0, 0.05) is 37.2 Å². The predicted molar refractivity (Wildman–Crippen MR) is 128 cm³/mol. The molecule has 0 spiro atoms. The van der Waals surface area contributed by atoms with Gasteiger partial charge in [-0.1, -0.05) is 18.2 Å². The topological polar surface area (TPSA) is 68.5 Å². The summed E-state index contributed by atoms with van der Waals surface area (Å²) in [6, 6.07) is 10.9. The predicted octanol–water partition coefficient (Wildman–Crippen LogP) is 3.76. The molecule has 4 aromatic rings. The zero-order valence-electron chi connectivity index (χ0n) is 17.9. The average Bonchev–Trinajstić information content (AvgIpc) is 3.23. The molecule has 7 nitrogen and oxygen atoms in total. The van der Waals surface area contributed by atoms with Crippen LogP contribution in [-0.4, -0.2) is 53.6 Å². The summed E-state index contributed by atoms with van der Waals surface area (Å²) in [5.74, 6) is -1.80. The maximum Gasteiger partial charge on any atom is 0.342 e. The Balaban J connectivity index is 1.76. The number of hydrogen-bond donors (Lipinski definition) is 1. The number of hydrogen-bond acceptors (Lipinski definition) is 6. The Bertz CT molecular complexity index is 1490. The summed E-state index contributed by atoms with van der Waals surface area (Å²) < 4.78 is 17.7. The number of likely N-dealkylation sites (N-methyl/N-ethyl adjacent to an activating group) is 1. The summed E-state index contributed by atoms with van der Waals surface area (Å²) >= 11 is 1.24. The van der Waals surface area contributed by atoms with Crippen LogP contribution in [-0.2, 0) is 6.54 Å². The third kappa shape index (κ3) is 2.89. The van der Waals surface area contributed by atoms with E-state index in [-0.39, 0.29) is 10.9 Å². The first kappa shape index (κ1) is 20.2. The highest BCUT2D eigenvalue weighted by atomic mass is 32.1. The van der Waals surface area contributed by atoms with Crippen LogP contribution >= 0.6 is 11.3 Å². The van der Waals surface area contributed by atoms with E-state index in [2.05, 4.69) is 4.90 Å². The van der Waals surface area contributed by atoms with Gasteiger partial charge in [-0.3, -0.25) is 9.20 Å². The second-order valence-electron chi connectivity index (χ2n) is 8.54. The number of para-hydroxylation sites is 1. The number of carboxylic acids is 1. The van der Waals surface area contributed by atoms with Gasteiger partial charge >= 0.3 is 5.97 Å². The highest BCUT2D eigenvalue weighted by Gasteiger charge is 2.34. The Morgan fingerprint density at radius 3 is 2.52 bits per heavy atom. The molecule has 0 bridgehead atoms. The molecule has 0 amide bonds. The van der Waals surface area contributed by atoms with Crippen molar-refractivity contribution in [2.24, 2.45) is 0 Å². The Hall–Kier alpha value is -3.43. The van der Waals surface area contributed by atoms with Crippen LogP contribution in [0.5, 0.6) is 0 Å². The van der Waals surface area contributed by atoms with E-state index >= 15 is 4.39 Å². The molecule has 1 N–H and O–H groups in total. The molecule has 33 heavy (non-hydrogen) atoms. The van der Waals surface area contributed by atoms with Gasteiger partial charge in [0.1, 0.15) is 16.2 Å². The summed E-state index contributed by atoms with van der Waals surface area (Å²) in [5, 5.41) is 11.8. The van der Waals surface area contributed by atoms with Gasteiger partial charge in [0.25, 0.3) is 0 Å². The molecule has 168 valence electrons. The zero-order chi connectivity index (χ0) is 22.9. The first-order valence-corrected chi connectivity index (χ1v) is 11.6. The van der Waals surface area contributed by atoms with Gasteiger partial charge in [-0.15, -0.1) is 11.3 Å². The largest absolute Gasteiger partial charge is 0.477 e. The molecule has 0 aliphatic carbocycles. The number of piperazine rings is 1. The number of aromatic nitrogens is 1. The standard InChI is InChI=1S/C24H21FN4O3S/c1-26-7-9-27(10-8-26)20-17(25)11-16-19-21(20)28(14-5-3-2-4-6-14)12-15-13-33-23(29(15)19)18(22(16)30)24(31)32/h2-6,11,13H,7-10,12H2,1H3,(H,31,32). The van der Waals surface area contributed by atoms with Gasteiger partial charge in [-0.2, -0.15) is 0 Å². The molecule has 2 aromatic heterocycles. The highest BCUT2D eigenvalue weighted by molar-refractivity contribution is 7.16. The Labute approximate surface area is 192 Å². The van der Waals surface area contributed by atoms with Crippen LogP contribution in [0.2, 0.25) is 0 Å². The lowest BCUT2D eigenvalue weighted by Gasteiger charge is -2.39. The van der Waals surface area contributed by atoms with Crippen molar-refractivity contribution in [2.45, 2.75) is 6.54 Å². The van der Waals surface area contributed by atoms with Crippen LogP contribution in [0.15, 0.2) is 46.6 Å². The van der Waals surface area contributed by atoms with Crippen LogP contribution in [0.25, 0.3) is 15.7 Å². The third-order valence-electron chi connectivity index (χ3n) is 6.60. The molecule has 1 fully saturated rings. The molecule has 2 aliphatic heterocycles. The highest BCUT2D eigenvalue weighted by Crippen LogP contribution is 2.46. The second-order valence-corrected chi connectivity index (χ2v) is 9.40. The summed E-state index contributed by atoms with van der Waals surface area (Å²) in [6.07, 6.45) is 0. The van der Waals surface area contributed by atoms with Crippen molar-refractivity contribution in [3.63, 3.8) is 0 Å². The third-order valence-corrected chi connectivity index (χ3v) is 7.60. The Morgan fingerprint density at radius 2 is 1.82 bits per heavy atom. The average molecular weight is 465 g/mol. The molecule has 0 atom stereocenters. The number of pyridine rings is 1. The fourth-order valence-corrected chi connectivity index (χ4v) is 6.01. The maximum absolute atomic E-state index is 15.8. The Morgan fingerprint density at radius 1 is 1.09 bits per heavy atom. The molecule has 9 heteroatoms. The van der Waals surface area contributed by atoms with Crippen LogP contribution in [0.3, 0.4) is 0 Å². The number of nitrogens with zero attached hydrogens (tertiary/aromatic N) is 4. The maximum atomic E-state index is 15.8. The van der Waals surface area contributed by atoms with Crippen molar-refractivity contribution in [1.82, 2.24) is 9.30 Å². The second kappa shape index (κ2) is 7.29. The number of thiazole rings is 1. The van der Waals surface area contributed by atoms with E-state index in [0.29, 0.717) is 41.4 Å². The SMILES string of the molecule is CN1CCN(c2c(F)cc3c(=O)c(C(=O)O)c4scc5n4c3c2N(c2ccccc2)C5)CC1. The molecule has 6 rings (SSSR count). The number of rotatable bonds is 3. The van der Waals surface area contributed by atoms with Crippen LogP contribution in [0.4, 0.5) is 21.5 Å². The number of halogens is 1. The van der Waals surface area contributed by atoms with E-state index in [9.17, 15) is 14.7 Å². The normalized spacial score (nSPS) is 16.3. The van der Waals surface area contributed by atoms with Crippen molar-refractivity contribution < 1.29 is 14.3 Å². The van der Waals surface area contributed by atoms with E-state index < -0.39 is 17.2 Å². The van der Waals surface area contributed by atoms with E-state index in [4.69, 9.17) is 0 Å². The van der Waals surface area contributed by atoms with Crippen molar-refractivity contribution in [3.8, 4) is 0 Å². The molecular weight excluding hydrogens is 443 g/mol. The molecular formula is C24H21FN4O3S. The lowest BCUT2D eigenvalue weighted by atomic mass is 10.0. The summed E-state index contributed by atoms with van der Waals surface area (Å²) in [7, 11) is 2.04. The minimum atomic E-state index is -1.29. The van der Waals surface area contributed by atoms with Crippen molar-refractivity contribution in [2.75, 3.05) is 43.0 Å². The van der Waals surface area contributed by atoms with Gasteiger partial charge in [-0.25, -0.2) is 9.18 Å². The smallest absolute Gasteiger partial charge is 0.342 e. The summed E-state index contributed by atoms with van der Waals surface area (Å²) in [4.78, 5) is 32.0. The minimum Gasteiger partial charge on any atom is -0.477 e. The van der Waals surface area contributed by atoms with Gasteiger partial charge in [-0.05, 0) is 25.2 Å². The van der Waals surface area contributed by atoms with Crippen LogP contribution in [0, 0.1) is 5.82 Å². The molecule has 1 saturated heterocycles. The zero-order valence-corrected chi connectivity index (χ0v) is 18.7. The van der Waals surface area contributed by atoms with Crippen LogP contribution < -0.4 is 15.2 Å². The monoisotopic (exact) mass is 464 g/mol. The summed E-state index contributed by atoms with van der Waals surface area (Å²) in [6.45, 7) is 3.38. The minimum absolute atomic E-state index is 0.0931. The van der Waals surface area contributed by atoms with Gasteiger partial charge in [0.15, 0.2) is 0 Å². The lowest BCUT2D eigenvalue weighted by molar-refractivity contribution is 0.0697. The molecule has 4 heterocycles. The first-order chi connectivity index (χ1) is 16.0. The molecule has 2 aliphatic rings.